The number of benzene rings is 1. The minimum absolute atomic E-state index is 0.0317. The van der Waals surface area contributed by atoms with E-state index in [1.807, 2.05) is 6.92 Å². The number of halogens is 2. The predicted octanol–water partition coefficient (Wildman–Crippen LogP) is 2.34. The number of aromatic nitrogens is 1. The number of hydrogen-bond acceptors (Lipinski definition) is 4. The summed E-state index contributed by atoms with van der Waals surface area (Å²) in [5.74, 6) is -2.82. The van der Waals surface area contributed by atoms with E-state index >= 15 is 0 Å². The maximum atomic E-state index is 13.2. The van der Waals surface area contributed by atoms with Gasteiger partial charge in [-0.3, -0.25) is 14.6 Å². The maximum absolute atomic E-state index is 13.2. The quantitative estimate of drug-likeness (QED) is 0.831. The summed E-state index contributed by atoms with van der Waals surface area (Å²) in [6, 6.07) is 6.43. The number of aliphatic hydroxyl groups is 1. The first kappa shape index (κ1) is 18.1. The van der Waals surface area contributed by atoms with Gasteiger partial charge in [-0.2, -0.15) is 0 Å². The monoisotopic (exact) mass is 360 g/mol. The number of nitrogens with zero attached hydrogens (tertiary/aromatic N) is 2. The fourth-order valence-corrected chi connectivity index (χ4v) is 3.05. The highest BCUT2D eigenvalue weighted by molar-refractivity contribution is 6.17. The fraction of sp³-hybridized carbons (Fsp3) is 0.316. The summed E-state index contributed by atoms with van der Waals surface area (Å²) in [5.41, 5.74) is -0.522. The van der Waals surface area contributed by atoms with E-state index in [2.05, 4.69) is 4.98 Å². The molecular weight excluding hydrogens is 342 g/mol. The Bertz CT molecular complexity index is 834. The SMILES string of the molecule is Cc1ccc(N2CC[C@](O)(C(=O)CCc3cc(F)cc(F)c3)C2=O)cn1. The fourth-order valence-electron chi connectivity index (χ4n) is 3.05. The minimum atomic E-state index is -2.11. The van der Waals surface area contributed by atoms with Gasteiger partial charge in [0.05, 0.1) is 11.9 Å². The molecule has 1 atom stereocenters. The molecule has 1 fully saturated rings. The van der Waals surface area contributed by atoms with E-state index in [1.165, 1.54) is 11.1 Å². The van der Waals surface area contributed by atoms with Crippen LogP contribution in [0.3, 0.4) is 0 Å². The molecule has 136 valence electrons. The summed E-state index contributed by atoms with van der Waals surface area (Å²) in [7, 11) is 0. The summed E-state index contributed by atoms with van der Waals surface area (Å²) < 4.78 is 26.4. The van der Waals surface area contributed by atoms with Crippen LogP contribution in [0.15, 0.2) is 36.5 Å². The number of amides is 1. The highest BCUT2D eigenvalue weighted by Gasteiger charge is 2.50. The Morgan fingerprint density at radius 1 is 1.27 bits per heavy atom. The third-order valence-electron chi connectivity index (χ3n) is 4.53. The first-order chi connectivity index (χ1) is 12.3. The van der Waals surface area contributed by atoms with Crippen LogP contribution in [0.4, 0.5) is 14.5 Å². The standard InChI is InChI=1S/C19H18F2N2O3/c1-12-2-4-16(11-22-12)23-7-6-19(26,18(23)25)17(24)5-3-13-8-14(20)10-15(21)9-13/h2,4,8-11,26H,3,5-7H2,1H3/t19-/m0/s1. The maximum Gasteiger partial charge on any atom is 0.266 e. The largest absolute Gasteiger partial charge is 0.373 e. The topological polar surface area (TPSA) is 70.5 Å². The smallest absolute Gasteiger partial charge is 0.266 e. The molecule has 2 heterocycles. The van der Waals surface area contributed by atoms with Gasteiger partial charge < -0.3 is 10.0 Å². The molecule has 3 rings (SSSR count). The first-order valence-corrected chi connectivity index (χ1v) is 8.25. The Kier molecular flexibility index (Phi) is 4.82. The van der Waals surface area contributed by atoms with Gasteiger partial charge in [-0.05, 0) is 43.2 Å². The summed E-state index contributed by atoms with van der Waals surface area (Å²) in [5, 5.41) is 10.6. The Balaban J connectivity index is 1.70. The van der Waals surface area contributed by atoms with E-state index in [-0.39, 0.29) is 25.8 Å². The van der Waals surface area contributed by atoms with Crippen molar-refractivity contribution in [3.8, 4) is 0 Å². The predicted molar refractivity (Wildman–Crippen MR) is 90.6 cm³/mol. The van der Waals surface area contributed by atoms with Crippen molar-refractivity contribution in [1.29, 1.82) is 0 Å². The molecule has 1 aliphatic rings. The van der Waals surface area contributed by atoms with Gasteiger partial charge in [-0.25, -0.2) is 8.78 Å². The Labute approximate surface area is 149 Å². The lowest BCUT2D eigenvalue weighted by Gasteiger charge is -2.21. The van der Waals surface area contributed by atoms with Gasteiger partial charge in [-0.15, -0.1) is 0 Å². The lowest BCUT2D eigenvalue weighted by molar-refractivity contribution is -0.147. The molecule has 26 heavy (non-hydrogen) atoms. The van der Waals surface area contributed by atoms with Gasteiger partial charge in [-0.1, -0.05) is 0 Å². The van der Waals surface area contributed by atoms with E-state index < -0.39 is 28.9 Å². The second kappa shape index (κ2) is 6.92. The highest BCUT2D eigenvalue weighted by atomic mass is 19.1. The van der Waals surface area contributed by atoms with Crippen molar-refractivity contribution in [3.05, 3.63) is 59.4 Å². The average Bonchev–Trinajstić information content (AvgIpc) is 2.89. The van der Waals surface area contributed by atoms with E-state index in [9.17, 15) is 23.5 Å². The number of carbonyl (C=O) groups excluding carboxylic acids is 2. The van der Waals surface area contributed by atoms with Gasteiger partial charge in [0.25, 0.3) is 5.91 Å². The molecule has 0 unspecified atom stereocenters. The van der Waals surface area contributed by atoms with Crippen LogP contribution in [-0.4, -0.2) is 33.9 Å². The van der Waals surface area contributed by atoms with E-state index in [0.29, 0.717) is 11.3 Å². The van der Waals surface area contributed by atoms with Crippen LogP contribution in [0, 0.1) is 18.6 Å². The molecule has 7 heteroatoms. The molecule has 1 aromatic carbocycles. The van der Waals surface area contributed by atoms with Crippen molar-refractivity contribution in [1.82, 2.24) is 4.98 Å². The van der Waals surface area contributed by atoms with Crippen molar-refractivity contribution in [2.75, 3.05) is 11.4 Å². The van der Waals surface area contributed by atoms with Crippen molar-refractivity contribution < 1.29 is 23.5 Å². The third-order valence-corrected chi connectivity index (χ3v) is 4.53. The van der Waals surface area contributed by atoms with Crippen LogP contribution in [0.1, 0.15) is 24.1 Å². The van der Waals surface area contributed by atoms with Crippen LogP contribution in [0.2, 0.25) is 0 Å². The first-order valence-electron chi connectivity index (χ1n) is 8.25. The summed E-state index contributed by atoms with van der Waals surface area (Å²) >= 11 is 0. The van der Waals surface area contributed by atoms with Crippen molar-refractivity contribution >= 4 is 17.4 Å². The van der Waals surface area contributed by atoms with Gasteiger partial charge in [0.1, 0.15) is 11.6 Å². The number of hydrogen-bond donors (Lipinski definition) is 1. The molecule has 0 radical (unpaired) electrons. The molecule has 1 saturated heterocycles. The lowest BCUT2D eigenvalue weighted by atomic mass is 9.92. The number of rotatable bonds is 5. The Morgan fingerprint density at radius 3 is 2.58 bits per heavy atom. The molecule has 1 amide bonds. The van der Waals surface area contributed by atoms with E-state index in [4.69, 9.17) is 0 Å². The highest BCUT2D eigenvalue weighted by Crippen LogP contribution is 2.30. The Hall–Kier alpha value is -2.67. The zero-order valence-electron chi connectivity index (χ0n) is 14.2. The second-order valence-corrected chi connectivity index (χ2v) is 6.43. The second-order valence-electron chi connectivity index (χ2n) is 6.43. The number of carbonyl (C=O) groups is 2. The molecule has 2 aromatic rings. The van der Waals surface area contributed by atoms with Crippen LogP contribution in [-0.2, 0) is 16.0 Å². The van der Waals surface area contributed by atoms with Crippen molar-refractivity contribution in [2.24, 2.45) is 0 Å². The number of pyridine rings is 1. The minimum Gasteiger partial charge on any atom is -0.373 e. The molecule has 0 spiro atoms. The van der Waals surface area contributed by atoms with E-state index in [0.717, 1.165) is 23.9 Å². The van der Waals surface area contributed by atoms with Crippen molar-refractivity contribution in [2.45, 2.75) is 31.8 Å². The zero-order valence-corrected chi connectivity index (χ0v) is 14.2. The summed E-state index contributed by atoms with van der Waals surface area (Å²) in [6.07, 6.45) is 1.33. The van der Waals surface area contributed by atoms with Crippen LogP contribution < -0.4 is 4.90 Å². The van der Waals surface area contributed by atoms with Crippen LogP contribution in [0.5, 0.6) is 0 Å². The molecule has 1 aliphatic heterocycles. The molecule has 0 saturated carbocycles. The number of anilines is 1. The van der Waals surface area contributed by atoms with Crippen molar-refractivity contribution in [3.63, 3.8) is 0 Å². The lowest BCUT2D eigenvalue weighted by Crippen LogP contribution is -2.47. The normalized spacial score (nSPS) is 19.8. The van der Waals surface area contributed by atoms with Gasteiger partial charge >= 0.3 is 0 Å². The average molecular weight is 360 g/mol. The molecule has 5 nitrogen and oxygen atoms in total. The zero-order chi connectivity index (χ0) is 18.9. The number of ketones is 1. The molecule has 1 N–H and O–H groups in total. The van der Waals surface area contributed by atoms with Crippen LogP contribution in [0.25, 0.3) is 0 Å². The van der Waals surface area contributed by atoms with Gasteiger partial charge in [0.2, 0.25) is 5.60 Å². The van der Waals surface area contributed by atoms with Crippen LogP contribution >= 0.6 is 0 Å². The van der Waals surface area contributed by atoms with Gasteiger partial charge in [0.15, 0.2) is 5.78 Å². The number of Topliss-reactive ketones (excluding diaryl/α,β-unsaturated/α-hetero) is 1. The molecular formula is C19H18F2N2O3. The third kappa shape index (κ3) is 3.48. The summed E-state index contributed by atoms with van der Waals surface area (Å²) in [4.78, 5) is 30.5. The number of aryl methyl sites for hydroxylation is 2. The molecule has 1 aromatic heterocycles. The van der Waals surface area contributed by atoms with Gasteiger partial charge in [0, 0.05) is 31.1 Å². The van der Waals surface area contributed by atoms with E-state index in [1.54, 1.807) is 12.1 Å². The molecule has 0 bridgehead atoms. The summed E-state index contributed by atoms with van der Waals surface area (Å²) in [6.45, 7) is 2.01. The Morgan fingerprint density at radius 2 is 1.96 bits per heavy atom. The molecule has 0 aliphatic carbocycles.